The first-order valence-corrected chi connectivity index (χ1v) is 6.37. The van der Waals surface area contributed by atoms with E-state index in [1.54, 1.807) is 4.90 Å². The Morgan fingerprint density at radius 1 is 1.12 bits per heavy atom. The van der Waals surface area contributed by atoms with Gasteiger partial charge in [-0.1, -0.05) is 6.92 Å². The number of hydrogen-bond donors (Lipinski definition) is 1. The summed E-state index contributed by atoms with van der Waals surface area (Å²) in [7, 11) is 0. The number of nitrogens with zero attached hydrogens (tertiary/aromatic N) is 1. The van der Waals surface area contributed by atoms with Crippen LogP contribution in [-0.2, 0) is 14.3 Å². The molecule has 0 aliphatic carbocycles. The van der Waals surface area contributed by atoms with E-state index in [4.69, 9.17) is 15.2 Å². The number of ether oxygens (including phenoxy) is 2. The van der Waals surface area contributed by atoms with Crippen LogP contribution in [0.3, 0.4) is 0 Å². The fourth-order valence-corrected chi connectivity index (χ4v) is 1.38. The van der Waals surface area contributed by atoms with Gasteiger partial charge in [0, 0.05) is 26.3 Å². The van der Waals surface area contributed by atoms with Crippen LogP contribution in [0.5, 0.6) is 0 Å². The lowest BCUT2D eigenvalue weighted by atomic mass is 10.2. The highest BCUT2D eigenvalue weighted by molar-refractivity contribution is 5.81. The van der Waals surface area contributed by atoms with E-state index in [2.05, 4.69) is 0 Å². The maximum Gasteiger partial charge on any atom is 0.239 e. The summed E-state index contributed by atoms with van der Waals surface area (Å²) in [4.78, 5) is 13.7. The molecular formula is C12H26N2O3. The van der Waals surface area contributed by atoms with Gasteiger partial charge in [-0.05, 0) is 20.3 Å². The van der Waals surface area contributed by atoms with Gasteiger partial charge < -0.3 is 20.1 Å². The average Bonchev–Trinajstić information content (AvgIpc) is 2.35. The van der Waals surface area contributed by atoms with Crippen LogP contribution in [0, 0.1) is 0 Å². The van der Waals surface area contributed by atoms with Gasteiger partial charge in [-0.25, -0.2) is 0 Å². The van der Waals surface area contributed by atoms with E-state index in [-0.39, 0.29) is 5.91 Å². The van der Waals surface area contributed by atoms with Crippen LogP contribution in [0.1, 0.15) is 27.2 Å². The van der Waals surface area contributed by atoms with E-state index in [9.17, 15) is 4.79 Å². The summed E-state index contributed by atoms with van der Waals surface area (Å²) >= 11 is 0. The Morgan fingerprint density at radius 3 is 1.94 bits per heavy atom. The molecule has 1 amide bonds. The molecule has 5 nitrogen and oxygen atoms in total. The molecule has 0 saturated carbocycles. The summed E-state index contributed by atoms with van der Waals surface area (Å²) in [5.74, 6) is -0.0214. The summed E-state index contributed by atoms with van der Waals surface area (Å²) in [5.41, 5.74) is 5.75. The highest BCUT2D eigenvalue weighted by Gasteiger charge is 2.18. The minimum absolute atomic E-state index is 0.0214. The lowest BCUT2D eigenvalue weighted by Gasteiger charge is -2.25. The summed E-state index contributed by atoms with van der Waals surface area (Å²) in [6.07, 6.45) is 0.651. The van der Waals surface area contributed by atoms with Gasteiger partial charge in [-0.15, -0.1) is 0 Å². The van der Waals surface area contributed by atoms with Crippen molar-refractivity contribution in [2.45, 2.75) is 33.2 Å². The zero-order valence-electron chi connectivity index (χ0n) is 11.3. The molecule has 0 bridgehead atoms. The lowest BCUT2D eigenvalue weighted by Crippen LogP contribution is -2.46. The fourth-order valence-electron chi connectivity index (χ4n) is 1.38. The molecule has 0 rings (SSSR count). The number of carbonyl (C=O) groups excluding carboxylic acids is 1. The van der Waals surface area contributed by atoms with Crippen molar-refractivity contribution in [2.75, 3.05) is 39.5 Å². The molecule has 0 fully saturated rings. The van der Waals surface area contributed by atoms with Crippen LogP contribution in [0.25, 0.3) is 0 Å². The Kier molecular flexibility index (Phi) is 10.1. The molecule has 2 N–H and O–H groups in total. The standard InChI is InChI=1S/C12H26N2O3/c1-4-11(13)12(15)14(7-9-16-5-2)8-10-17-6-3/h11H,4-10,13H2,1-3H3. The highest BCUT2D eigenvalue weighted by Crippen LogP contribution is 1.98. The minimum atomic E-state index is -0.418. The van der Waals surface area contributed by atoms with Gasteiger partial charge in [0.2, 0.25) is 5.91 Å². The van der Waals surface area contributed by atoms with E-state index < -0.39 is 6.04 Å². The van der Waals surface area contributed by atoms with Gasteiger partial charge in [0.15, 0.2) is 0 Å². The van der Waals surface area contributed by atoms with Crippen molar-refractivity contribution in [3.05, 3.63) is 0 Å². The maximum absolute atomic E-state index is 12.0. The quantitative estimate of drug-likeness (QED) is 0.574. The van der Waals surface area contributed by atoms with Crippen molar-refractivity contribution < 1.29 is 14.3 Å². The molecule has 0 aliphatic heterocycles. The zero-order valence-corrected chi connectivity index (χ0v) is 11.3. The Morgan fingerprint density at radius 2 is 1.59 bits per heavy atom. The van der Waals surface area contributed by atoms with Crippen LogP contribution < -0.4 is 5.73 Å². The molecule has 0 heterocycles. The molecule has 102 valence electrons. The summed E-state index contributed by atoms with van der Waals surface area (Å²) in [5, 5.41) is 0. The molecule has 0 aliphatic rings. The Bertz CT molecular complexity index is 190. The van der Waals surface area contributed by atoms with Gasteiger partial charge in [0.25, 0.3) is 0 Å². The van der Waals surface area contributed by atoms with Crippen LogP contribution >= 0.6 is 0 Å². The number of amides is 1. The largest absolute Gasteiger partial charge is 0.380 e. The Balaban J connectivity index is 4.12. The van der Waals surface area contributed by atoms with Crippen LogP contribution in [0.15, 0.2) is 0 Å². The van der Waals surface area contributed by atoms with Crippen molar-refractivity contribution >= 4 is 5.91 Å². The molecule has 0 aromatic carbocycles. The zero-order chi connectivity index (χ0) is 13.1. The van der Waals surface area contributed by atoms with Gasteiger partial charge in [0.1, 0.15) is 0 Å². The van der Waals surface area contributed by atoms with Gasteiger partial charge in [0.05, 0.1) is 19.3 Å². The predicted octanol–water partition coefficient (Wildman–Crippen LogP) is 0.625. The van der Waals surface area contributed by atoms with Gasteiger partial charge in [-0.3, -0.25) is 4.79 Å². The molecule has 1 unspecified atom stereocenters. The summed E-state index contributed by atoms with van der Waals surface area (Å²) < 4.78 is 10.5. The van der Waals surface area contributed by atoms with Crippen LogP contribution in [0.4, 0.5) is 0 Å². The molecule has 0 radical (unpaired) electrons. The molecule has 5 heteroatoms. The third-order valence-electron chi connectivity index (χ3n) is 2.49. The molecule has 0 spiro atoms. The van der Waals surface area contributed by atoms with Crippen molar-refractivity contribution in [1.82, 2.24) is 4.90 Å². The average molecular weight is 246 g/mol. The first-order chi connectivity index (χ1) is 8.17. The number of hydrogen-bond acceptors (Lipinski definition) is 4. The normalized spacial score (nSPS) is 12.5. The SMILES string of the molecule is CCOCCN(CCOCC)C(=O)C(N)CC. The van der Waals surface area contributed by atoms with Crippen molar-refractivity contribution in [2.24, 2.45) is 5.73 Å². The van der Waals surface area contributed by atoms with Crippen molar-refractivity contribution in [3.8, 4) is 0 Å². The van der Waals surface area contributed by atoms with Gasteiger partial charge >= 0.3 is 0 Å². The van der Waals surface area contributed by atoms with E-state index in [0.717, 1.165) is 0 Å². The van der Waals surface area contributed by atoms with E-state index >= 15 is 0 Å². The topological polar surface area (TPSA) is 64.8 Å². The van der Waals surface area contributed by atoms with Crippen molar-refractivity contribution in [1.29, 1.82) is 0 Å². The number of nitrogens with two attached hydrogens (primary N) is 1. The van der Waals surface area contributed by atoms with Crippen LogP contribution in [-0.4, -0.2) is 56.4 Å². The second-order valence-corrected chi connectivity index (χ2v) is 3.73. The van der Waals surface area contributed by atoms with E-state index in [1.807, 2.05) is 20.8 Å². The second kappa shape index (κ2) is 10.5. The Labute approximate surface area is 104 Å². The molecule has 17 heavy (non-hydrogen) atoms. The van der Waals surface area contributed by atoms with Crippen LogP contribution in [0.2, 0.25) is 0 Å². The smallest absolute Gasteiger partial charge is 0.239 e. The molecule has 0 aromatic heterocycles. The highest BCUT2D eigenvalue weighted by atomic mass is 16.5. The molecule has 1 atom stereocenters. The van der Waals surface area contributed by atoms with E-state index in [1.165, 1.54) is 0 Å². The molecule has 0 saturated heterocycles. The first kappa shape index (κ1) is 16.4. The third-order valence-corrected chi connectivity index (χ3v) is 2.49. The molecular weight excluding hydrogens is 220 g/mol. The molecule has 0 aromatic rings. The van der Waals surface area contributed by atoms with Crippen molar-refractivity contribution in [3.63, 3.8) is 0 Å². The lowest BCUT2D eigenvalue weighted by molar-refractivity contribution is -0.134. The maximum atomic E-state index is 12.0. The third kappa shape index (κ3) is 7.31. The fraction of sp³-hybridized carbons (Fsp3) is 0.917. The second-order valence-electron chi connectivity index (χ2n) is 3.73. The number of carbonyl (C=O) groups is 1. The van der Waals surface area contributed by atoms with E-state index in [0.29, 0.717) is 45.9 Å². The number of rotatable bonds is 10. The summed E-state index contributed by atoms with van der Waals surface area (Å²) in [6.45, 7) is 9.34. The summed E-state index contributed by atoms with van der Waals surface area (Å²) in [6, 6.07) is -0.418. The Hall–Kier alpha value is -0.650. The predicted molar refractivity (Wildman–Crippen MR) is 67.8 cm³/mol. The first-order valence-electron chi connectivity index (χ1n) is 6.37. The monoisotopic (exact) mass is 246 g/mol. The minimum Gasteiger partial charge on any atom is -0.380 e. The van der Waals surface area contributed by atoms with Gasteiger partial charge in [-0.2, -0.15) is 0 Å².